The summed E-state index contributed by atoms with van der Waals surface area (Å²) in [6.45, 7) is 3.89. The van der Waals surface area contributed by atoms with Crippen molar-refractivity contribution >= 4 is 5.97 Å². The number of benzene rings is 1. The van der Waals surface area contributed by atoms with Gasteiger partial charge in [0.2, 0.25) is 0 Å². The second-order valence-corrected chi connectivity index (χ2v) is 5.26. The molecule has 1 aliphatic heterocycles. The highest BCUT2D eigenvalue weighted by molar-refractivity contribution is 5.89. The van der Waals surface area contributed by atoms with Crippen LogP contribution in [0.5, 0.6) is 0 Å². The minimum Gasteiger partial charge on any atom is -0.478 e. The van der Waals surface area contributed by atoms with E-state index in [0.717, 1.165) is 38.3 Å². The molecule has 7 heteroatoms. The molecule has 0 unspecified atom stereocenters. The highest BCUT2D eigenvalue weighted by Gasteiger charge is 2.35. The van der Waals surface area contributed by atoms with E-state index in [-0.39, 0.29) is 0 Å². The molecule has 0 radical (unpaired) electrons. The first-order chi connectivity index (χ1) is 9.77. The number of hydrogen-bond acceptors (Lipinski definition) is 3. The van der Waals surface area contributed by atoms with Crippen LogP contribution in [-0.2, 0) is 12.7 Å². The van der Waals surface area contributed by atoms with Crippen LogP contribution in [0.2, 0.25) is 0 Å². The number of aromatic carboxylic acids is 1. The van der Waals surface area contributed by atoms with E-state index in [1.165, 1.54) is 6.07 Å². The number of alkyl halides is 3. The van der Waals surface area contributed by atoms with Crippen molar-refractivity contribution in [2.75, 3.05) is 33.2 Å². The Morgan fingerprint density at radius 3 is 2.38 bits per heavy atom. The molecule has 1 aromatic carbocycles. The molecule has 2 rings (SSSR count). The van der Waals surface area contributed by atoms with E-state index in [4.69, 9.17) is 5.11 Å². The zero-order valence-electron chi connectivity index (χ0n) is 11.7. The van der Waals surface area contributed by atoms with E-state index in [2.05, 4.69) is 9.80 Å². The Morgan fingerprint density at radius 1 is 1.24 bits per heavy atom. The summed E-state index contributed by atoms with van der Waals surface area (Å²) < 4.78 is 38.3. The van der Waals surface area contributed by atoms with Crippen LogP contribution in [0.3, 0.4) is 0 Å². The minimum atomic E-state index is -4.65. The van der Waals surface area contributed by atoms with Gasteiger partial charge in [-0.3, -0.25) is 4.90 Å². The molecular formula is C14H17F3N2O2. The second kappa shape index (κ2) is 6.03. The molecule has 0 aromatic heterocycles. The SMILES string of the molecule is CN1CCN(Cc2ccc(C(F)(F)F)c(C(=O)O)c2)CC1. The van der Waals surface area contributed by atoms with Gasteiger partial charge in [-0.25, -0.2) is 4.79 Å². The minimum absolute atomic E-state index is 0.465. The number of piperazine rings is 1. The van der Waals surface area contributed by atoms with E-state index in [0.29, 0.717) is 12.1 Å². The van der Waals surface area contributed by atoms with E-state index in [9.17, 15) is 18.0 Å². The van der Waals surface area contributed by atoms with Crippen LogP contribution < -0.4 is 0 Å². The van der Waals surface area contributed by atoms with Crippen molar-refractivity contribution < 1.29 is 23.1 Å². The molecule has 0 aliphatic carbocycles. The second-order valence-electron chi connectivity index (χ2n) is 5.26. The van der Waals surface area contributed by atoms with Gasteiger partial charge in [-0.05, 0) is 24.7 Å². The monoisotopic (exact) mass is 302 g/mol. The standard InChI is InChI=1S/C14H17F3N2O2/c1-18-4-6-19(7-5-18)9-10-2-3-12(14(15,16)17)11(8-10)13(20)21/h2-3,8H,4-7,9H2,1H3,(H,20,21). The van der Waals surface area contributed by atoms with Crippen LogP contribution in [0.4, 0.5) is 13.2 Å². The summed E-state index contributed by atoms with van der Waals surface area (Å²) in [5, 5.41) is 8.97. The lowest BCUT2D eigenvalue weighted by molar-refractivity contribution is -0.138. The molecule has 1 fully saturated rings. The van der Waals surface area contributed by atoms with E-state index >= 15 is 0 Å². The highest BCUT2D eigenvalue weighted by atomic mass is 19.4. The number of rotatable bonds is 3. The van der Waals surface area contributed by atoms with Gasteiger partial charge in [0.15, 0.2) is 0 Å². The Balaban J connectivity index is 2.18. The molecule has 1 N–H and O–H groups in total. The molecule has 0 saturated carbocycles. The number of carboxylic acids is 1. The fraction of sp³-hybridized carbons (Fsp3) is 0.500. The molecule has 4 nitrogen and oxygen atoms in total. The van der Waals surface area contributed by atoms with Crippen molar-refractivity contribution in [3.05, 3.63) is 34.9 Å². The molecule has 1 heterocycles. The maximum atomic E-state index is 12.8. The van der Waals surface area contributed by atoms with Gasteiger partial charge in [0.1, 0.15) is 0 Å². The third-order valence-corrected chi connectivity index (χ3v) is 3.62. The largest absolute Gasteiger partial charge is 0.478 e. The van der Waals surface area contributed by atoms with E-state index in [1.807, 2.05) is 7.05 Å². The van der Waals surface area contributed by atoms with Crippen molar-refractivity contribution in [3.63, 3.8) is 0 Å². The van der Waals surface area contributed by atoms with E-state index in [1.54, 1.807) is 0 Å². The molecule has 0 bridgehead atoms. The Bertz CT molecular complexity index is 523. The molecule has 1 aliphatic rings. The quantitative estimate of drug-likeness (QED) is 0.929. The summed E-state index contributed by atoms with van der Waals surface area (Å²) in [4.78, 5) is 15.3. The fourth-order valence-corrected chi connectivity index (χ4v) is 2.38. The summed E-state index contributed by atoms with van der Waals surface area (Å²) >= 11 is 0. The van der Waals surface area contributed by atoms with Gasteiger partial charge < -0.3 is 10.0 Å². The zero-order valence-corrected chi connectivity index (χ0v) is 11.7. The van der Waals surface area contributed by atoms with Crippen LogP contribution in [0.25, 0.3) is 0 Å². The lowest BCUT2D eigenvalue weighted by Gasteiger charge is -2.32. The summed E-state index contributed by atoms with van der Waals surface area (Å²) in [6, 6.07) is 3.34. The molecule has 1 saturated heterocycles. The average Bonchev–Trinajstić information content (AvgIpc) is 2.40. The summed E-state index contributed by atoms with van der Waals surface area (Å²) in [5.74, 6) is -1.55. The van der Waals surface area contributed by atoms with Gasteiger partial charge in [-0.1, -0.05) is 6.07 Å². The highest BCUT2D eigenvalue weighted by Crippen LogP contribution is 2.32. The Labute approximate surface area is 120 Å². The number of likely N-dealkylation sites (N-methyl/N-ethyl adjacent to an activating group) is 1. The number of halogens is 3. The predicted octanol–water partition coefficient (Wildman–Crippen LogP) is 2.15. The first-order valence-electron chi connectivity index (χ1n) is 6.61. The first kappa shape index (κ1) is 15.8. The molecule has 21 heavy (non-hydrogen) atoms. The molecule has 1 aromatic rings. The smallest absolute Gasteiger partial charge is 0.417 e. The van der Waals surface area contributed by atoms with Crippen LogP contribution >= 0.6 is 0 Å². The molecule has 116 valence electrons. The van der Waals surface area contributed by atoms with Crippen molar-refractivity contribution in [2.45, 2.75) is 12.7 Å². The zero-order chi connectivity index (χ0) is 15.6. The summed E-state index contributed by atoms with van der Waals surface area (Å²) in [6.07, 6.45) is -4.65. The van der Waals surface area contributed by atoms with Crippen molar-refractivity contribution in [3.8, 4) is 0 Å². The predicted molar refractivity (Wildman–Crippen MR) is 71.2 cm³/mol. The first-order valence-corrected chi connectivity index (χ1v) is 6.61. The topological polar surface area (TPSA) is 43.8 Å². The van der Waals surface area contributed by atoms with Gasteiger partial charge in [-0.2, -0.15) is 13.2 Å². The molecular weight excluding hydrogens is 285 g/mol. The average molecular weight is 302 g/mol. The van der Waals surface area contributed by atoms with Gasteiger partial charge in [0, 0.05) is 32.7 Å². The van der Waals surface area contributed by atoms with Crippen molar-refractivity contribution in [2.24, 2.45) is 0 Å². The van der Waals surface area contributed by atoms with Crippen LogP contribution in [0.15, 0.2) is 18.2 Å². The van der Waals surface area contributed by atoms with Crippen LogP contribution in [0.1, 0.15) is 21.5 Å². The third kappa shape index (κ3) is 3.95. The number of hydrogen-bond donors (Lipinski definition) is 1. The maximum Gasteiger partial charge on any atom is 0.417 e. The van der Waals surface area contributed by atoms with Gasteiger partial charge >= 0.3 is 12.1 Å². The third-order valence-electron chi connectivity index (χ3n) is 3.62. The van der Waals surface area contributed by atoms with Gasteiger partial charge in [-0.15, -0.1) is 0 Å². The maximum absolute atomic E-state index is 12.8. The Hall–Kier alpha value is -1.60. The number of nitrogens with zero attached hydrogens (tertiary/aromatic N) is 2. The number of carboxylic acid groups (broad SMARTS) is 1. The Morgan fingerprint density at radius 2 is 1.86 bits per heavy atom. The molecule has 0 amide bonds. The lowest BCUT2D eigenvalue weighted by Crippen LogP contribution is -2.43. The summed E-state index contributed by atoms with van der Waals surface area (Å²) in [5.41, 5.74) is -1.20. The van der Waals surface area contributed by atoms with Crippen molar-refractivity contribution in [1.82, 2.24) is 9.80 Å². The van der Waals surface area contributed by atoms with E-state index < -0.39 is 23.3 Å². The molecule has 0 atom stereocenters. The Kier molecular flexibility index (Phi) is 4.53. The van der Waals surface area contributed by atoms with Crippen LogP contribution in [0, 0.1) is 0 Å². The summed E-state index contributed by atoms with van der Waals surface area (Å²) in [7, 11) is 2.01. The fourth-order valence-electron chi connectivity index (χ4n) is 2.38. The molecule has 0 spiro atoms. The van der Waals surface area contributed by atoms with Gasteiger partial charge in [0.25, 0.3) is 0 Å². The lowest BCUT2D eigenvalue weighted by atomic mass is 10.0. The normalized spacial score (nSPS) is 17.9. The number of carbonyl (C=O) groups is 1. The van der Waals surface area contributed by atoms with Crippen molar-refractivity contribution in [1.29, 1.82) is 0 Å². The van der Waals surface area contributed by atoms with Crippen LogP contribution in [-0.4, -0.2) is 54.1 Å². The van der Waals surface area contributed by atoms with Gasteiger partial charge in [0.05, 0.1) is 11.1 Å².